The number of ketones is 1. The largest absolute Gasteiger partial charge is 0.461 e. The van der Waals surface area contributed by atoms with Gasteiger partial charge in [-0.1, -0.05) is 0 Å². The van der Waals surface area contributed by atoms with Gasteiger partial charge >= 0.3 is 0 Å². The van der Waals surface area contributed by atoms with Crippen LogP contribution in [0.4, 0.5) is 5.69 Å². The molecule has 0 radical (unpaired) electrons. The van der Waals surface area contributed by atoms with Crippen LogP contribution in [0.15, 0.2) is 47.3 Å². The Bertz CT molecular complexity index is 664. The molecule has 3 heterocycles. The van der Waals surface area contributed by atoms with Gasteiger partial charge in [-0.15, -0.1) is 0 Å². The summed E-state index contributed by atoms with van der Waals surface area (Å²) in [5.41, 5.74) is 0.699. The Kier molecular flexibility index (Phi) is 5.35. The van der Waals surface area contributed by atoms with Gasteiger partial charge in [0.15, 0.2) is 5.76 Å². The number of Topliss-reactive ketones (excluding diaryl/α,β-unsaturated/α-hetero) is 1. The lowest BCUT2D eigenvalue weighted by atomic mass is 10.2. The van der Waals surface area contributed by atoms with Gasteiger partial charge in [-0.2, -0.15) is 0 Å². The van der Waals surface area contributed by atoms with Crippen molar-refractivity contribution in [3.05, 3.63) is 48.7 Å². The SMILES string of the molecule is O=C(CN1CCN(CC(=O)c2ccco2)CC1)Nc1cccnc1. The predicted molar refractivity (Wildman–Crippen MR) is 88.8 cm³/mol. The number of nitrogens with zero attached hydrogens (tertiary/aromatic N) is 3. The average Bonchev–Trinajstić information content (AvgIpc) is 3.12. The van der Waals surface area contributed by atoms with Gasteiger partial charge in [0, 0.05) is 32.4 Å². The molecule has 0 atom stereocenters. The van der Waals surface area contributed by atoms with Crippen molar-refractivity contribution in [3.63, 3.8) is 0 Å². The van der Waals surface area contributed by atoms with Crippen LogP contribution < -0.4 is 5.32 Å². The summed E-state index contributed by atoms with van der Waals surface area (Å²) in [7, 11) is 0. The minimum Gasteiger partial charge on any atom is -0.461 e. The zero-order valence-electron chi connectivity index (χ0n) is 13.4. The van der Waals surface area contributed by atoms with E-state index < -0.39 is 0 Å². The maximum Gasteiger partial charge on any atom is 0.238 e. The molecule has 24 heavy (non-hydrogen) atoms. The fraction of sp³-hybridized carbons (Fsp3) is 0.353. The van der Waals surface area contributed by atoms with E-state index >= 15 is 0 Å². The second-order valence-corrected chi connectivity index (χ2v) is 5.74. The van der Waals surface area contributed by atoms with Crippen LogP contribution in [-0.4, -0.2) is 65.7 Å². The Morgan fingerprint density at radius 2 is 1.83 bits per heavy atom. The summed E-state index contributed by atoms with van der Waals surface area (Å²) in [6, 6.07) is 6.99. The first-order chi connectivity index (χ1) is 11.7. The zero-order valence-corrected chi connectivity index (χ0v) is 13.4. The molecule has 126 valence electrons. The number of piperazine rings is 1. The molecule has 7 nitrogen and oxygen atoms in total. The van der Waals surface area contributed by atoms with Crippen LogP contribution in [0.2, 0.25) is 0 Å². The number of furan rings is 1. The van der Waals surface area contributed by atoms with Crippen LogP contribution in [-0.2, 0) is 4.79 Å². The van der Waals surface area contributed by atoms with E-state index in [9.17, 15) is 9.59 Å². The molecule has 7 heteroatoms. The Hall–Kier alpha value is -2.51. The van der Waals surface area contributed by atoms with Crippen LogP contribution in [0.1, 0.15) is 10.6 Å². The molecule has 0 saturated carbocycles. The molecule has 2 aromatic rings. The second-order valence-electron chi connectivity index (χ2n) is 5.74. The highest BCUT2D eigenvalue weighted by Gasteiger charge is 2.21. The molecule has 3 rings (SSSR count). The zero-order chi connectivity index (χ0) is 16.8. The number of anilines is 1. The summed E-state index contributed by atoms with van der Waals surface area (Å²) in [5, 5.41) is 2.83. The monoisotopic (exact) mass is 328 g/mol. The summed E-state index contributed by atoms with van der Waals surface area (Å²) in [6.45, 7) is 3.72. The van der Waals surface area contributed by atoms with Gasteiger partial charge in [-0.3, -0.25) is 24.4 Å². The highest BCUT2D eigenvalue weighted by molar-refractivity contribution is 5.95. The Balaban J connectivity index is 1.40. The lowest BCUT2D eigenvalue weighted by Crippen LogP contribution is -2.49. The third-order valence-corrected chi connectivity index (χ3v) is 3.94. The summed E-state index contributed by atoms with van der Waals surface area (Å²) in [5.74, 6) is 0.333. The van der Waals surface area contributed by atoms with E-state index in [1.54, 1.807) is 30.6 Å². The van der Waals surface area contributed by atoms with Crippen LogP contribution in [0.3, 0.4) is 0 Å². The third-order valence-electron chi connectivity index (χ3n) is 3.94. The van der Waals surface area contributed by atoms with Gasteiger partial charge in [-0.05, 0) is 24.3 Å². The summed E-state index contributed by atoms with van der Waals surface area (Å²) in [4.78, 5) is 32.2. The van der Waals surface area contributed by atoms with Crippen LogP contribution in [0.5, 0.6) is 0 Å². The summed E-state index contributed by atoms with van der Waals surface area (Å²) >= 11 is 0. The van der Waals surface area contributed by atoms with Crippen molar-refractivity contribution in [2.75, 3.05) is 44.6 Å². The highest BCUT2D eigenvalue weighted by Crippen LogP contribution is 2.07. The molecule has 0 unspecified atom stereocenters. The number of hydrogen-bond donors (Lipinski definition) is 1. The Labute approximate surface area is 140 Å². The fourth-order valence-electron chi connectivity index (χ4n) is 2.66. The first-order valence-electron chi connectivity index (χ1n) is 7.92. The lowest BCUT2D eigenvalue weighted by molar-refractivity contribution is -0.117. The molecule has 0 spiro atoms. The van der Waals surface area contributed by atoms with E-state index in [0.717, 1.165) is 26.2 Å². The number of carbonyl (C=O) groups is 2. The van der Waals surface area contributed by atoms with Gasteiger partial charge in [0.25, 0.3) is 0 Å². The number of pyridine rings is 1. The Morgan fingerprint density at radius 3 is 2.46 bits per heavy atom. The van der Waals surface area contributed by atoms with Gasteiger partial charge in [0.05, 0.1) is 31.2 Å². The fourth-order valence-corrected chi connectivity index (χ4v) is 2.66. The summed E-state index contributed by atoms with van der Waals surface area (Å²) < 4.78 is 5.12. The number of rotatable bonds is 6. The van der Waals surface area contributed by atoms with E-state index in [1.807, 2.05) is 6.07 Å². The first-order valence-corrected chi connectivity index (χ1v) is 7.92. The van der Waals surface area contributed by atoms with E-state index in [0.29, 0.717) is 24.5 Å². The third kappa shape index (κ3) is 4.50. The Morgan fingerprint density at radius 1 is 1.08 bits per heavy atom. The second kappa shape index (κ2) is 7.85. The molecule has 2 aromatic heterocycles. The lowest BCUT2D eigenvalue weighted by Gasteiger charge is -2.33. The van der Waals surface area contributed by atoms with Crippen LogP contribution in [0.25, 0.3) is 0 Å². The standard InChI is InChI=1S/C17H20N4O3/c22-15(16-4-2-10-24-16)12-20-6-8-21(9-7-20)13-17(23)19-14-3-1-5-18-11-14/h1-5,10-11H,6-9,12-13H2,(H,19,23). The normalized spacial score (nSPS) is 16.0. The van der Waals surface area contributed by atoms with Gasteiger partial charge < -0.3 is 9.73 Å². The van der Waals surface area contributed by atoms with Gasteiger partial charge in [-0.25, -0.2) is 0 Å². The van der Waals surface area contributed by atoms with Gasteiger partial charge in [0.2, 0.25) is 11.7 Å². The number of carbonyl (C=O) groups excluding carboxylic acids is 2. The van der Waals surface area contributed by atoms with Crippen molar-refractivity contribution < 1.29 is 14.0 Å². The number of nitrogens with one attached hydrogen (secondary N) is 1. The molecule has 1 aliphatic rings. The maximum absolute atomic E-state index is 12.0. The van der Waals surface area contributed by atoms with Crippen LogP contribution >= 0.6 is 0 Å². The molecular formula is C17H20N4O3. The van der Waals surface area contributed by atoms with Crippen molar-refractivity contribution in [1.82, 2.24) is 14.8 Å². The number of aromatic nitrogens is 1. The number of amides is 1. The minimum absolute atomic E-state index is 0.0113. The maximum atomic E-state index is 12.0. The highest BCUT2D eigenvalue weighted by atomic mass is 16.3. The molecule has 1 aliphatic heterocycles. The van der Waals surface area contributed by atoms with Gasteiger partial charge in [0.1, 0.15) is 0 Å². The van der Waals surface area contributed by atoms with E-state index in [4.69, 9.17) is 4.42 Å². The molecule has 0 aliphatic carbocycles. The quantitative estimate of drug-likeness (QED) is 0.801. The molecule has 0 bridgehead atoms. The minimum atomic E-state index is -0.0527. The van der Waals surface area contributed by atoms with E-state index in [2.05, 4.69) is 20.1 Å². The molecule has 1 fully saturated rings. The molecule has 0 aromatic carbocycles. The van der Waals surface area contributed by atoms with Crippen LogP contribution in [0, 0.1) is 0 Å². The molecule has 1 saturated heterocycles. The van der Waals surface area contributed by atoms with E-state index in [1.165, 1.54) is 6.26 Å². The predicted octanol–water partition coefficient (Wildman–Crippen LogP) is 1.11. The van der Waals surface area contributed by atoms with Crippen molar-refractivity contribution in [1.29, 1.82) is 0 Å². The van der Waals surface area contributed by atoms with Crippen molar-refractivity contribution in [3.8, 4) is 0 Å². The molecule has 1 N–H and O–H groups in total. The molecule has 1 amide bonds. The first kappa shape index (κ1) is 16.4. The van der Waals surface area contributed by atoms with Crippen molar-refractivity contribution in [2.24, 2.45) is 0 Å². The van der Waals surface area contributed by atoms with E-state index in [-0.39, 0.29) is 11.7 Å². The molecular weight excluding hydrogens is 308 g/mol. The average molecular weight is 328 g/mol. The number of hydrogen-bond acceptors (Lipinski definition) is 6. The smallest absolute Gasteiger partial charge is 0.238 e. The van der Waals surface area contributed by atoms with Crippen molar-refractivity contribution >= 4 is 17.4 Å². The topological polar surface area (TPSA) is 78.7 Å². The summed E-state index contributed by atoms with van der Waals surface area (Å²) in [6.07, 6.45) is 4.79. The van der Waals surface area contributed by atoms with Crippen molar-refractivity contribution in [2.45, 2.75) is 0 Å².